The van der Waals surface area contributed by atoms with Crippen molar-refractivity contribution >= 4 is 0 Å². The van der Waals surface area contributed by atoms with Gasteiger partial charge in [0.05, 0.1) is 17.8 Å². The molecule has 0 radical (unpaired) electrons. The van der Waals surface area contributed by atoms with Crippen LogP contribution in [0.15, 0.2) is 54.7 Å². The molecule has 0 bridgehead atoms. The fraction of sp³-hybridized carbons (Fsp3) is 0.389. The van der Waals surface area contributed by atoms with Gasteiger partial charge in [-0.15, -0.1) is 0 Å². The third-order valence-corrected chi connectivity index (χ3v) is 4.32. The standard InChI is InChI=1S/C18H22N2O/c21-17-11-6-9-15(17)13-20-18(14-7-2-1-3-8-14)16-10-4-5-12-19-16/h1-5,7-8,10,12,15,17-18,20-21H,6,9,11,13H2. The van der Waals surface area contributed by atoms with Crippen LogP contribution in [-0.4, -0.2) is 22.7 Å². The number of hydrogen-bond donors (Lipinski definition) is 2. The number of aliphatic hydroxyl groups is 1. The second-order valence-electron chi connectivity index (χ2n) is 5.76. The van der Waals surface area contributed by atoms with Gasteiger partial charge in [-0.1, -0.05) is 42.8 Å². The van der Waals surface area contributed by atoms with Crippen molar-refractivity contribution in [1.82, 2.24) is 10.3 Å². The number of benzene rings is 1. The molecule has 2 N–H and O–H groups in total. The van der Waals surface area contributed by atoms with Gasteiger partial charge in [0.25, 0.3) is 0 Å². The minimum atomic E-state index is -0.155. The molecule has 1 aromatic carbocycles. The molecular formula is C18H22N2O. The largest absolute Gasteiger partial charge is 0.393 e. The lowest BCUT2D eigenvalue weighted by Crippen LogP contribution is -2.31. The van der Waals surface area contributed by atoms with E-state index in [4.69, 9.17) is 0 Å². The predicted octanol–water partition coefficient (Wildman–Crippen LogP) is 2.92. The lowest BCUT2D eigenvalue weighted by atomic mass is 10.0. The zero-order valence-electron chi connectivity index (χ0n) is 12.2. The maximum absolute atomic E-state index is 9.99. The van der Waals surface area contributed by atoms with Gasteiger partial charge in [-0.2, -0.15) is 0 Å². The molecule has 1 aromatic heterocycles. The Morgan fingerprint density at radius 1 is 1.10 bits per heavy atom. The topological polar surface area (TPSA) is 45.1 Å². The third-order valence-electron chi connectivity index (χ3n) is 4.32. The molecule has 1 aliphatic rings. The molecule has 2 aromatic rings. The molecule has 3 rings (SSSR count). The van der Waals surface area contributed by atoms with Gasteiger partial charge in [0.2, 0.25) is 0 Å². The van der Waals surface area contributed by atoms with E-state index in [-0.39, 0.29) is 12.1 Å². The average Bonchev–Trinajstić information content (AvgIpc) is 2.95. The van der Waals surface area contributed by atoms with E-state index in [0.717, 1.165) is 31.5 Å². The van der Waals surface area contributed by atoms with Gasteiger partial charge in [0.1, 0.15) is 0 Å². The average molecular weight is 282 g/mol. The maximum Gasteiger partial charge on any atom is 0.0751 e. The Hall–Kier alpha value is -1.71. The number of aliphatic hydroxyl groups excluding tert-OH is 1. The van der Waals surface area contributed by atoms with E-state index in [1.54, 1.807) is 0 Å². The van der Waals surface area contributed by atoms with E-state index < -0.39 is 0 Å². The number of nitrogens with zero attached hydrogens (tertiary/aromatic N) is 1. The Kier molecular flexibility index (Phi) is 4.63. The van der Waals surface area contributed by atoms with Crippen molar-refractivity contribution in [2.75, 3.05) is 6.54 Å². The lowest BCUT2D eigenvalue weighted by Gasteiger charge is -2.22. The van der Waals surface area contributed by atoms with E-state index in [2.05, 4.69) is 40.6 Å². The van der Waals surface area contributed by atoms with Crippen LogP contribution in [0.5, 0.6) is 0 Å². The summed E-state index contributed by atoms with van der Waals surface area (Å²) >= 11 is 0. The van der Waals surface area contributed by atoms with Crippen LogP contribution in [0.4, 0.5) is 0 Å². The molecule has 3 heteroatoms. The summed E-state index contributed by atoms with van der Waals surface area (Å²) in [6.07, 6.45) is 4.85. The zero-order valence-corrected chi connectivity index (χ0v) is 12.2. The zero-order chi connectivity index (χ0) is 14.5. The molecule has 3 unspecified atom stereocenters. The fourth-order valence-electron chi connectivity index (χ4n) is 3.11. The Balaban J connectivity index is 1.76. The second kappa shape index (κ2) is 6.83. The molecule has 3 nitrogen and oxygen atoms in total. The number of aromatic nitrogens is 1. The van der Waals surface area contributed by atoms with Gasteiger partial charge in [-0.3, -0.25) is 4.98 Å². The van der Waals surface area contributed by atoms with Crippen LogP contribution in [0.1, 0.15) is 36.6 Å². The highest BCUT2D eigenvalue weighted by atomic mass is 16.3. The van der Waals surface area contributed by atoms with Gasteiger partial charge < -0.3 is 10.4 Å². The number of hydrogen-bond acceptors (Lipinski definition) is 3. The summed E-state index contributed by atoms with van der Waals surface area (Å²) in [5.74, 6) is 0.361. The van der Waals surface area contributed by atoms with E-state index in [0.29, 0.717) is 5.92 Å². The first-order valence-electron chi connectivity index (χ1n) is 7.72. The smallest absolute Gasteiger partial charge is 0.0751 e. The van der Waals surface area contributed by atoms with Gasteiger partial charge in [-0.25, -0.2) is 0 Å². The van der Waals surface area contributed by atoms with Crippen molar-refractivity contribution in [1.29, 1.82) is 0 Å². The summed E-state index contributed by atoms with van der Waals surface area (Å²) in [6, 6.07) is 16.5. The van der Waals surface area contributed by atoms with Crippen LogP contribution >= 0.6 is 0 Å². The molecule has 1 saturated carbocycles. The molecule has 3 atom stereocenters. The minimum absolute atomic E-state index is 0.0835. The van der Waals surface area contributed by atoms with Crippen LogP contribution in [0.2, 0.25) is 0 Å². The maximum atomic E-state index is 9.99. The van der Waals surface area contributed by atoms with Crippen molar-refractivity contribution in [2.24, 2.45) is 5.92 Å². The normalized spacial score (nSPS) is 23.1. The number of pyridine rings is 1. The Morgan fingerprint density at radius 3 is 2.57 bits per heavy atom. The second-order valence-corrected chi connectivity index (χ2v) is 5.76. The first-order chi connectivity index (χ1) is 10.3. The van der Waals surface area contributed by atoms with Gasteiger partial charge in [0.15, 0.2) is 0 Å². The minimum Gasteiger partial charge on any atom is -0.393 e. The van der Waals surface area contributed by atoms with Crippen molar-refractivity contribution in [2.45, 2.75) is 31.4 Å². The van der Waals surface area contributed by atoms with Crippen LogP contribution in [-0.2, 0) is 0 Å². The predicted molar refractivity (Wildman–Crippen MR) is 83.9 cm³/mol. The molecule has 1 fully saturated rings. The highest BCUT2D eigenvalue weighted by Crippen LogP contribution is 2.27. The summed E-state index contributed by atoms with van der Waals surface area (Å²) < 4.78 is 0. The lowest BCUT2D eigenvalue weighted by molar-refractivity contribution is 0.130. The van der Waals surface area contributed by atoms with Crippen LogP contribution in [0, 0.1) is 5.92 Å². The quantitative estimate of drug-likeness (QED) is 0.886. The third kappa shape index (κ3) is 3.49. The van der Waals surface area contributed by atoms with Crippen molar-refractivity contribution in [3.05, 3.63) is 66.0 Å². The molecule has 1 aliphatic carbocycles. The fourth-order valence-corrected chi connectivity index (χ4v) is 3.11. The Labute approximate surface area is 126 Å². The highest BCUT2D eigenvalue weighted by molar-refractivity contribution is 5.27. The summed E-state index contributed by atoms with van der Waals surface area (Å²) in [6.45, 7) is 0.831. The van der Waals surface area contributed by atoms with Crippen LogP contribution < -0.4 is 5.32 Å². The summed E-state index contributed by atoms with van der Waals surface area (Å²) in [5.41, 5.74) is 2.24. The van der Waals surface area contributed by atoms with Gasteiger partial charge >= 0.3 is 0 Å². The molecular weight excluding hydrogens is 260 g/mol. The van der Waals surface area contributed by atoms with E-state index in [9.17, 15) is 5.11 Å². The Bertz CT molecular complexity index is 504. The number of nitrogens with one attached hydrogen (secondary N) is 1. The molecule has 0 amide bonds. The highest BCUT2D eigenvalue weighted by Gasteiger charge is 2.26. The molecule has 21 heavy (non-hydrogen) atoms. The first-order valence-corrected chi connectivity index (χ1v) is 7.72. The monoisotopic (exact) mass is 282 g/mol. The summed E-state index contributed by atoms with van der Waals surface area (Å²) in [5, 5.41) is 13.6. The molecule has 110 valence electrons. The summed E-state index contributed by atoms with van der Waals surface area (Å²) in [7, 11) is 0. The SMILES string of the molecule is OC1CCCC1CNC(c1ccccc1)c1ccccn1. The van der Waals surface area contributed by atoms with E-state index >= 15 is 0 Å². The van der Waals surface area contributed by atoms with Crippen molar-refractivity contribution in [3.8, 4) is 0 Å². The van der Waals surface area contributed by atoms with Crippen LogP contribution in [0.25, 0.3) is 0 Å². The molecule has 0 saturated heterocycles. The van der Waals surface area contributed by atoms with Crippen molar-refractivity contribution < 1.29 is 5.11 Å². The first kappa shape index (κ1) is 14.2. The molecule has 0 spiro atoms. The van der Waals surface area contributed by atoms with E-state index in [1.165, 1.54) is 5.56 Å². The Morgan fingerprint density at radius 2 is 1.90 bits per heavy atom. The van der Waals surface area contributed by atoms with Gasteiger partial charge in [-0.05, 0) is 36.5 Å². The van der Waals surface area contributed by atoms with Crippen LogP contribution in [0.3, 0.4) is 0 Å². The molecule has 1 heterocycles. The van der Waals surface area contributed by atoms with E-state index in [1.807, 2.05) is 24.4 Å². The molecule has 0 aliphatic heterocycles. The van der Waals surface area contributed by atoms with Crippen molar-refractivity contribution in [3.63, 3.8) is 0 Å². The summed E-state index contributed by atoms with van der Waals surface area (Å²) in [4.78, 5) is 4.49. The van der Waals surface area contributed by atoms with Gasteiger partial charge in [0, 0.05) is 12.7 Å². The number of rotatable bonds is 5.